The number of benzene rings is 1. The molecule has 3 heteroatoms. The third-order valence-corrected chi connectivity index (χ3v) is 3.33. The first-order chi connectivity index (χ1) is 9.58. The number of rotatable bonds is 5. The molecule has 1 heterocycles. The van der Waals surface area contributed by atoms with Crippen molar-refractivity contribution in [1.82, 2.24) is 0 Å². The summed E-state index contributed by atoms with van der Waals surface area (Å²) < 4.78 is 5.60. The van der Waals surface area contributed by atoms with Gasteiger partial charge in [0.1, 0.15) is 11.5 Å². The van der Waals surface area contributed by atoms with E-state index in [9.17, 15) is 4.79 Å². The maximum atomic E-state index is 12.0. The van der Waals surface area contributed by atoms with Crippen molar-refractivity contribution >= 4 is 11.6 Å². The molecular weight excluding hydrogens is 250 g/mol. The Hall–Kier alpha value is -2.03. The van der Waals surface area contributed by atoms with Gasteiger partial charge in [-0.1, -0.05) is 19.1 Å². The van der Waals surface area contributed by atoms with Crippen LogP contribution in [0.1, 0.15) is 36.0 Å². The highest BCUT2D eigenvalue weighted by molar-refractivity contribution is 5.91. The summed E-state index contributed by atoms with van der Waals surface area (Å²) in [5.41, 5.74) is 3.11. The Morgan fingerprint density at radius 3 is 2.60 bits per heavy atom. The van der Waals surface area contributed by atoms with Gasteiger partial charge in [0, 0.05) is 24.9 Å². The standard InChI is InChI=1S/C17H21NO2/c1-4-14-7-8-15(20-14)9-10-17(19)18-16-11-12(2)5-6-13(16)3/h5-8,11H,4,9-10H2,1-3H3,(H,18,19). The fourth-order valence-corrected chi connectivity index (χ4v) is 2.07. The van der Waals surface area contributed by atoms with Crippen LogP contribution < -0.4 is 5.32 Å². The van der Waals surface area contributed by atoms with E-state index < -0.39 is 0 Å². The number of carbonyl (C=O) groups excluding carboxylic acids is 1. The van der Waals surface area contributed by atoms with Crippen molar-refractivity contribution in [2.24, 2.45) is 0 Å². The molecule has 1 N–H and O–H groups in total. The minimum absolute atomic E-state index is 0.0214. The largest absolute Gasteiger partial charge is 0.466 e. The van der Waals surface area contributed by atoms with Crippen LogP contribution in [0.3, 0.4) is 0 Å². The number of hydrogen-bond donors (Lipinski definition) is 1. The van der Waals surface area contributed by atoms with Gasteiger partial charge in [0.2, 0.25) is 5.91 Å². The van der Waals surface area contributed by atoms with Gasteiger partial charge in [-0.3, -0.25) is 4.79 Å². The molecule has 0 fully saturated rings. The van der Waals surface area contributed by atoms with Gasteiger partial charge < -0.3 is 9.73 Å². The fraction of sp³-hybridized carbons (Fsp3) is 0.353. The first-order valence-corrected chi connectivity index (χ1v) is 7.03. The average Bonchev–Trinajstić information content (AvgIpc) is 2.89. The third kappa shape index (κ3) is 3.73. The van der Waals surface area contributed by atoms with Crippen molar-refractivity contribution in [2.45, 2.75) is 40.0 Å². The van der Waals surface area contributed by atoms with Gasteiger partial charge in [0.05, 0.1) is 0 Å². The number of hydrogen-bond acceptors (Lipinski definition) is 2. The topological polar surface area (TPSA) is 42.2 Å². The van der Waals surface area contributed by atoms with E-state index in [-0.39, 0.29) is 5.91 Å². The van der Waals surface area contributed by atoms with Crippen LogP contribution in [-0.2, 0) is 17.6 Å². The third-order valence-electron chi connectivity index (χ3n) is 3.33. The summed E-state index contributed by atoms with van der Waals surface area (Å²) in [6.45, 7) is 6.06. The van der Waals surface area contributed by atoms with E-state index >= 15 is 0 Å². The van der Waals surface area contributed by atoms with E-state index in [1.165, 1.54) is 0 Å². The summed E-state index contributed by atoms with van der Waals surface area (Å²) in [5, 5.41) is 2.96. The van der Waals surface area contributed by atoms with Crippen LogP contribution in [0.25, 0.3) is 0 Å². The van der Waals surface area contributed by atoms with Crippen molar-refractivity contribution in [1.29, 1.82) is 0 Å². The van der Waals surface area contributed by atoms with Crippen LogP contribution in [0.2, 0.25) is 0 Å². The zero-order valence-corrected chi connectivity index (χ0v) is 12.3. The fourth-order valence-electron chi connectivity index (χ4n) is 2.07. The lowest BCUT2D eigenvalue weighted by molar-refractivity contribution is -0.116. The van der Waals surface area contributed by atoms with Gasteiger partial charge in [0.15, 0.2) is 0 Å². The maximum absolute atomic E-state index is 12.0. The van der Waals surface area contributed by atoms with Crippen LogP contribution in [0.4, 0.5) is 5.69 Å². The molecule has 2 aromatic rings. The number of amides is 1. The average molecular weight is 271 g/mol. The van der Waals surface area contributed by atoms with Crippen molar-refractivity contribution < 1.29 is 9.21 Å². The van der Waals surface area contributed by atoms with E-state index in [0.29, 0.717) is 12.8 Å². The van der Waals surface area contributed by atoms with Crippen molar-refractivity contribution in [3.63, 3.8) is 0 Å². The summed E-state index contributed by atoms with van der Waals surface area (Å²) in [4.78, 5) is 12.0. The summed E-state index contributed by atoms with van der Waals surface area (Å²) >= 11 is 0. The number of aryl methyl sites for hydroxylation is 4. The second-order valence-electron chi connectivity index (χ2n) is 5.09. The monoisotopic (exact) mass is 271 g/mol. The smallest absolute Gasteiger partial charge is 0.224 e. The first-order valence-electron chi connectivity index (χ1n) is 7.03. The molecule has 0 saturated carbocycles. The van der Waals surface area contributed by atoms with Gasteiger partial charge in [-0.05, 0) is 43.2 Å². The highest BCUT2D eigenvalue weighted by atomic mass is 16.3. The molecule has 1 aromatic carbocycles. The normalized spacial score (nSPS) is 10.6. The molecule has 106 valence electrons. The molecule has 0 radical (unpaired) electrons. The van der Waals surface area contributed by atoms with Gasteiger partial charge >= 0.3 is 0 Å². The zero-order chi connectivity index (χ0) is 14.5. The van der Waals surface area contributed by atoms with Crippen LogP contribution in [0.5, 0.6) is 0 Å². The molecule has 0 spiro atoms. The van der Waals surface area contributed by atoms with Gasteiger partial charge in [0.25, 0.3) is 0 Å². The summed E-state index contributed by atoms with van der Waals surface area (Å²) in [6.07, 6.45) is 1.95. The first kappa shape index (κ1) is 14.4. The van der Waals surface area contributed by atoms with E-state index in [2.05, 4.69) is 12.2 Å². The van der Waals surface area contributed by atoms with Crippen LogP contribution >= 0.6 is 0 Å². The molecule has 1 aromatic heterocycles. The molecule has 20 heavy (non-hydrogen) atoms. The Morgan fingerprint density at radius 2 is 1.90 bits per heavy atom. The molecule has 0 aliphatic heterocycles. The minimum atomic E-state index is 0.0214. The molecule has 0 bridgehead atoms. The van der Waals surface area contributed by atoms with E-state index in [1.807, 2.05) is 44.2 Å². The predicted octanol–water partition coefficient (Wildman–Crippen LogP) is 4.03. The quantitative estimate of drug-likeness (QED) is 0.892. The second-order valence-corrected chi connectivity index (χ2v) is 5.09. The molecular formula is C17H21NO2. The molecule has 0 saturated heterocycles. The Balaban J connectivity index is 1.90. The Kier molecular flexibility index (Phi) is 4.61. The molecule has 0 aliphatic carbocycles. The van der Waals surface area contributed by atoms with E-state index in [0.717, 1.165) is 34.8 Å². The summed E-state index contributed by atoms with van der Waals surface area (Å²) in [7, 11) is 0. The second kappa shape index (κ2) is 6.42. The Bertz CT molecular complexity index is 599. The van der Waals surface area contributed by atoms with Crippen LogP contribution in [-0.4, -0.2) is 5.91 Å². The Morgan fingerprint density at radius 1 is 1.15 bits per heavy atom. The van der Waals surface area contributed by atoms with Gasteiger partial charge in [-0.15, -0.1) is 0 Å². The van der Waals surface area contributed by atoms with Crippen molar-refractivity contribution in [3.8, 4) is 0 Å². The molecule has 3 nitrogen and oxygen atoms in total. The van der Waals surface area contributed by atoms with Gasteiger partial charge in [-0.2, -0.15) is 0 Å². The number of nitrogens with one attached hydrogen (secondary N) is 1. The number of anilines is 1. The van der Waals surface area contributed by atoms with Crippen LogP contribution in [0, 0.1) is 13.8 Å². The lowest BCUT2D eigenvalue weighted by Gasteiger charge is -2.08. The molecule has 0 aliphatic rings. The van der Waals surface area contributed by atoms with Crippen LogP contribution in [0.15, 0.2) is 34.7 Å². The molecule has 0 unspecified atom stereocenters. The number of carbonyl (C=O) groups is 1. The lowest BCUT2D eigenvalue weighted by atomic mass is 10.1. The predicted molar refractivity (Wildman–Crippen MR) is 81.0 cm³/mol. The molecule has 1 amide bonds. The highest BCUT2D eigenvalue weighted by Gasteiger charge is 2.07. The molecule has 2 rings (SSSR count). The van der Waals surface area contributed by atoms with Gasteiger partial charge in [-0.25, -0.2) is 0 Å². The molecule has 0 atom stereocenters. The lowest BCUT2D eigenvalue weighted by Crippen LogP contribution is -2.13. The van der Waals surface area contributed by atoms with E-state index in [4.69, 9.17) is 4.42 Å². The SMILES string of the molecule is CCc1ccc(CCC(=O)Nc2cc(C)ccc2C)o1. The Labute approximate surface area is 120 Å². The minimum Gasteiger partial charge on any atom is -0.466 e. The summed E-state index contributed by atoms with van der Waals surface area (Å²) in [5.74, 6) is 1.86. The van der Waals surface area contributed by atoms with E-state index in [1.54, 1.807) is 0 Å². The highest BCUT2D eigenvalue weighted by Crippen LogP contribution is 2.17. The zero-order valence-electron chi connectivity index (χ0n) is 12.3. The maximum Gasteiger partial charge on any atom is 0.224 e. The number of furan rings is 1. The van der Waals surface area contributed by atoms with Crippen molar-refractivity contribution in [3.05, 3.63) is 53.0 Å². The summed E-state index contributed by atoms with van der Waals surface area (Å²) in [6, 6.07) is 9.97. The van der Waals surface area contributed by atoms with Crippen molar-refractivity contribution in [2.75, 3.05) is 5.32 Å².